The summed E-state index contributed by atoms with van der Waals surface area (Å²) in [5.74, 6) is 0. The predicted molar refractivity (Wildman–Crippen MR) is 43.3 cm³/mol. The van der Waals surface area contributed by atoms with Crippen LogP contribution in [0.3, 0.4) is 0 Å². The number of halogens is 3. The van der Waals surface area contributed by atoms with Crippen LogP contribution in [0.2, 0.25) is 0 Å². The second-order valence-corrected chi connectivity index (χ2v) is 2.68. The summed E-state index contributed by atoms with van der Waals surface area (Å²) in [5, 5.41) is 16.9. The van der Waals surface area contributed by atoms with Gasteiger partial charge in [0.2, 0.25) is 0 Å². The summed E-state index contributed by atoms with van der Waals surface area (Å²) >= 11 is 0. The van der Waals surface area contributed by atoms with Gasteiger partial charge in [-0.25, -0.2) is 4.98 Å². The van der Waals surface area contributed by atoms with Crippen molar-refractivity contribution < 1.29 is 13.2 Å². The summed E-state index contributed by atoms with van der Waals surface area (Å²) in [6, 6.07) is 4.08. The van der Waals surface area contributed by atoms with Crippen molar-refractivity contribution in [1.82, 2.24) is 4.98 Å². The number of pyridine rings is 1. The van der Waals surface area contributed by atoms with Crippen LogP contribution in [0, 0.1) is 22.7 Å². The van der Waals surface area contributed by atoms with Crippen LogP contribution in [0.25, 0.3) is 0 Å². The lowest BCUT2D eigenvalue weighted by Gasteiger charge is -2.07. The Morgan fingerprint density at radius 1 is 1.33 bits per heavy atom. The van der Waals surface area contributed by atoms with E-state index in [9.17, 15) is 13.2 Å². The molecule has 0 fully saturated rings. The zero-order valence-corrected chi connectivity index (χ0v) is 7.34. The first-order valence-corrected chi connectivity index (χ1v) is 3.82. The fourth-order valence-corrected chi connectivity index (χ4v) is 0.986. The monoisotopic (exact) mass is 211 g/mol. The minimum Gasteiger partial charge on any atom is -0.245 e. The Bertz CT molecular complexity index is 451. The third-order valence-electron chi connectivity index (χ3n) is 1.67. The van der Waals surface area contributed by atoms with E-state index < -0.39 is 11.7 Å². The molecular formula is C9H4F3N3. The largest absolute Gasteiger partial charge is 0.417 e. The highest BCUT2D eigenvalue weighted by Crippen LogP contribution is 2.29. The number of aromatic nitrogens is 1. The molecule has 0 unspecified atom stereocenters. The number of hydrogen-bond acceptors (Lipinski definition) is 3. The van der Waals surface area contributed by atoms with Crippen LogP contribution in [0.4, 0.5) is 13.2 Å². The average molecular weight is 211 g/mol. The molecule has 0 aliphatic carbocycles. The second kappa shape index (κ2) is 3.97. The Morgan fingerprint density at radius 2 is 2.00 bits per heavy atom. The maximum absolute atomic E-state index is 12.2. The molecule has 15 heavy (non-hydrogen) atoms. The van der Waals surface area contributed by atoms with E-state index in [1.807, 2.05) is 0 Å². The first-order valence-electron chi connectivity index (χ1n) is 3.82. The minimum absolute atomic E-state index is 0.00479. The van der Waals surface area contributed by atoms with Gasteiger partial charge in [0.05, 0.1) is 18.1 Å². The van der Waals surface area contributed by atoms with E-state index >= 15 is 0 Å². The van der Waals surface area contributed by atoms with Gasteiger partial charge in [-0.15, -0.1) is 0 Å². The predicted octanol–water partition coefficient (Wildman–Crippen LogP) is 2.04. The van der Waals surface area contributed by atoms with Gasteiger partial charge in [0.15, 0.2) is 0 Å². The smallest absolute Gasteiger partial charge is 0.245 e. The second-order valence-electron chi connectivity index (χ2n) is 2.68. The molecule has 1 aromatic rings. The van der Waals surface area contributed by atoms with Gasteiger partial charge in [-0.2, -0.15) is 23.7 Å². The summed E-state index contributed by atoms with van der Waals surface area (Å²) in [6.07, 6.45) is -4.19. The summed E-state index contributed by atoms with van der Waals surface area (Å²) in [4.78, 5) is 3.35. The first-order chi connectivity index (χ1) is 6.99. The van der Waals surface area contributed by atoms with Crippen LogP contribution in [0.1, 0.15) is 16.8 Å². The van der Waals surface area contributed by atoms with Gasteiger partial charge in [0.1, 0.15) is 11.8 Å². The van der Waals surface area contributed by atoms with Gasteiger partial charge in [-0.05, 0) is 6.07 Å². The molecule has 0 saturated heterocycles. The van der Waals surface area contributed by atoms with Gasteiger partial charge in [0, 0.05) is 11.8 Å². The standard InChI is InChI=1S/C9H4F3N3/c10-9(11,12)7-3-6(1-2-13)8(4-14)15-5-7/h3,5H,1H2. The summed E-state index contributed by atoms with van der Waals surface area (Å²) in [6.45, 7) is 0. The van der Waals surface area contributed by atoms with Crippen LogP contribution >= 0.6 is 0 Å². The average Bonchev–Trinajstić information content (AvgIpc) is 2.17. The Hall–Kier alpha value is -2.08. The molecule has 0 aliphatic rings. The number of nitrogens with zero attached hydrogens (tertiary/aromatic N) is 3. The lowest BCUT2D eigenvalue weighted by Crippen LogP contribution is -2.07. The number of hydrogen-bond donors (Lipinski definition) is 0. The molecule has 0 saturated carbocycles. The van der Waals surface area contributed by atoms with Crippen molar-refractivity contribution in [3.63, 3.8) is 0 Å². The summed E-state index contributed by atoms with van der Waals surface area (Å²) < 4.78 is 36.7. The molecule has 1 aromatic heterocycles. The molecule has 0 bridgehead atoms. The Morgan fingerprint density at radius 3 is 2.47 bits per heavy atom. The Balaban J connectivity index is 3.25. The normalized spacial score (nSPS) is 10.5. The van der Waals surface area contributed by atoms with E-state index in [0.717, 1.165) is 6.07 Å². The van der Waals surface area contributed by atoms with E-state index in [2.05, 4.69) is 4.98 Å². The lowest BCUT2D eigenvalue weighted by molar-refractivity contribution is -0.137. The maximum atomic E-state index is 12.2. The quantitative estimate of drug-likeness (QED) is 0.714. The third kappa shape index (κ3) is 2.44. The molecule has 0 spiro atoms. The molecule has 0 atom stereocenters. The van der Waals surface area contributed by atoms with Gasteiger partial charge >= 0.3 is 6.18 Å². The highest BCUT2D eigenvalue weighted by Gasteiger charge is 2.31. The van der Waals surface area contributed by atoms with Gasteiger partial charge < -0.3 is 0 Å². The van der Waals surface area contributed by atoms with E-state index in [4.69, 9.17) is 10.5 Å². The van der Waals surface area contributed by atoms with Crippen LogP contribution < -0.4 is 0 Å². The highest BCUT2D eigenvalue weighted by atomic mass is 19.4. The van der Waals surface area contributed by atoms with Crippen LogP contribution in [0.5, 0.6) is 0 Å². The topological polar surface area (TPSA) is 60.5 Å². The number of nitriles is 2. The molecule has 0 radical (unpaired) electrons. The van der Waals surface area contributed by atoms with E-state index in [0.29, 0.717) is 6.20 Å². The minimum atomic E-state index is -4.51. The van der Waals surface area contributed by atoms with Crippen molar-refractivity contribution >= 4 is 0 Å². The Kier molecular flexibility index (Phi) is 2.91. The van der Waals surface area contributed by atoms with Crippen molar-refractivity contribution in [3.05, 3.63) is 29.1 Å². The fraction of sp³-hybridized carbons (Fsp3) is 0.222. The van der Waals surface area contributed by atoms with E-state index in [1.54, 1.807) is 12.1 Å². The fourth-order valence-electron chi connectivity index (χ4n) is 0.986. The number of rotatable bonds is 1. The van der Waals surface area contributed by atoms with Gasteiger partial charge in [-0.3, -0.25) is 0 Å². The molecule has 0 amide bonds. The molecular weight excluding hydrogens is 207 g/mol. The van der Waals surface area contributed by atoms with Crippen molar-refractivity contribution in [2.75, 3.05) is 0 Å². The third-order valence-corrected chi connectivity index (χ3v) is 1.67. The Labute approximate surface area is 83.4 Å². The molecule has 1 heterocycles. The molecule has 0 aliphatic heterocycles. The molecule has 0 aromatic carbocycles. The highest BCUT2D eigenvalue weighted by molar-refractivity contribution is 5.36. The van der Waals surface area contributed by atoms with Crippen LogP contribution in [-0.4, -0.2) is 4.98 Å². The van der Waals surface area contributed by atoms with Crippen molar-refractivity contribution in [2.24, 2.45) is 0 Å². The van der Waals surface area contributed by atoms with E-state index in [1.165, 1.54) is 0 Å². The molecule has 6 heteroatoms. The summed E-state index contributed by atoms with van der Waals surface area (Å²) in [5.41, 5.74) is -1.11. The van der Waals surface area contributed by atoms with E-state index in [-0.39, 0.29) is 17.7 Å². The number of alkyl halides is 3. The van der Waals surface area contributed by atoms with Gasteiger partial charge in [-0.1, -0.05) is 0 Å². The molecule has 76 valence electrons. The SMILES string of the molecule is N#CCc1cc(C(F)(F)F)cnc1C#N. The first kappa shape index (κ1) is 11.0. The van der Waals surface area contributed by atoms with Crippen molar-refractivity contribution in [2.45, 2.75) is 12.6 Å². The van der Waals surface area contributed by atoms with Crippen LogP contribution in [0.15, 0.2) is 12.3 Å². The lowest BCUT2D eigenvalue weighted by atomic mass is 10.1. The van der Waals surface area contributed by atoms with Crippen molar-refractivity contribution in [3.8, 4) is 12.1 Å². The molecule has 3 nitrogen and oxygen atoms in total. The molecule has 1 rings (SSSR count). The molecule has 0 N–H and O–H groups in total. The zero-order valence-electron chi connectivity index (χ0n) is 7.34. The van der Waals surface area contributed by atoms with Crippen LogP contribution in [-0.2, 0) is 12.6 Å². The zero-order chi connectivity index (χ0) is 11.5. The van der Waals surface area contributed by atoms with Crippen molar-refractivity contribution in [1.29, 1.82) is 10.5 Å². The van der Waals surface area contributed by atoms with Gasteiger partial charge in [0.25, 0.3) is 0 Å². The summed E-state index contributed by atoms with van der Waals surface area (Å²) in [7, 11) is 0. The maximum Gasteiger partial charge on any atom is 0.417 e.